The molecule has 0 atom stereocenters. The number of carbonyl (C=O) groups is 1. The maximum Gasteiger partial charge on any atom is 0.255 e. The molecule has 0 saturated heterocycles. The molecular formula is C16H16ClNO2S. The molecule has 0 aliphatic carbocycles. The number of benzene rings is 2. The number of halogens is 1. The summed E-state index contributed by atoms with van der Waals surface area (Å²) in [6.07, 6.45) is 2.05. The fraction of sp³-hybridized carbons (Fsp3) is 0.188. The first kappa shape index (κ1) is 15.7. The van der Waals surface area contributed by atoms with E-state index in [1.54, 1.807) is 37.1 Å². The van der Waals surface area contributed by atoms with Gasteiger partial charge in [0.25, 0.3) is 5.91 Å². The summed E-state index contributed by atoms with van der Waals surface area (Å²) in [5.41, 5.74) is 2.46. The first-order valence-corrected chi connectivity index (χ1v) is 8.14. The number of thioether (sulfide) groups is 1. The Labute approximate surface area is 133 Å². The van der Waals surface area contributed by atoms with Gasteiger partial charge in [0, 0.05) is 17.0 Å². The van der Waals surface area contributed by atoms with Gasteiger partial charge < -0.3 is 10.1 Å². The Hall–Kier alpha value is -1.65. The summed E-state index contributed by atoms with van der Waals surface area (Å²) in [5.74, 6) is 1.36. The molecule has 0 aliphatic rings. The van der Waals surface area contributed by atoms with E-state index in [1.807, 2.05) is 30.5 Å². The summed E-state index contributed by atoms with van der Waals surface area (Å²) in [6.45, 7) is 0. The Morgan fingerprint density at radius 1 is 1.24 bits per heavy atom. The lowest BCUT2D eigenvalue weighted by atomic mass is 10.1. The Morgan fingerprint density at radius 2 is 1.95 bits per heavy atom. The third-order valence-corrected chi connectivity index (χ3v) is 3.85. The third kappa shape index (κ3) is 4.16. The quantitative estimate of drug-likeness (QED) is 0.883. The second kappa shape index (κ2) is 7.38. The Morgan fingerprint density at radius 3 is 2.52 bits per heavy atom. The molecule has 21 heavy (non-hydrogen) atoms. The van der Waals surface area contributed by atoms with Gasteiger partial charge in [-0.2, -0.15) is 11.8 Å². The molecule has 2 aromatic carbocycles. The van der Waals surface area contributed by atoms with Gasteiger partial charge in [0.15, 0.2) is 0 Å². The van der Waals surface area contributed by atoms with E-state index in [0.29, 0.717) is 22.0 Å². The maximum atomic E-state index is 12.2. The van der Waals surface area contributed by atoms with Gasteiger partial charge in [0.2, 0.25) is 0 Å². The molecule has 0 spiro atoms. The zero-order valence-corrected chi connectivity index (χ0v) is 13.4. The number of rotatable bonds is 5. The molecule has 0 unspecified atom stereocenters. The van der Waals surface area contributed by atoms with Crippen LogP contribution in [0.3, 0.4) is 0 Å². The van der Waals surface area contributed by atoms with E-state index in [2.05, 4.69) is 5.32 Å². The first-order chi connectivity index (χ1) is 10.1. The zero-order chi connectivity index (χ0) is 15.2. The minimum Gasteiger partial charge on any atom is -0.495 e. The number of nitrogens with one attached hydrogen (secondary N) is 1. The van der Waals surface area contributed by atoms with E-state index in [-0.39, 0.29) is 5.91 Å². The highest BCUT2D eigenvalue weighted by Gasteiger charge is 2.08. The highest BCUT2D eigenvalue weighted by Crippen LogP contribution is 2.27. The SMILES string of the molecule is COc1ccc(NC(=O)c2ccc(CSC)cc2)cc1Cl. The van der Waals surface area contributed by atoms with Crippen molar-refractivity contribution in [3.8, 4) is 5.75 Å². The molecule has 0 heterocycles. The molecule has 3 nitrogen and oxygen atoms in total. The van der Waals surface area contributed by atoms with Crippen LogP contribution in [-0.4, -0.2) is 19.3 Å². The van der Waals surface area contributed by atoms with Crippen molar-refractivity contribution in [1.82, 2.24) is 0 Å². The van der Waals surface area contributed by atoms with Crippen LogP contribution in [0.5, 0.6) is 5.75 Å². The molecule has 0 aromatic heterocycles. The lowest BCUT2D eigenvalue weighted by Crippen LogP contribution is -2.11. The van der Waals surface area contributed by atoms with Gasteiger partial charge in [0.05, 0.1) is 12.1 Å². The average molecular weight is 322 g/mol. The average Bonchev–Trinajstić information content (AvgIpc) is 2.48. The largest absolute Gasteiger partial charge is 0.495 e. The highest BCUT2D eigenvalue weighted by molar-refractivity contribution is 7.97. The van der Waals surface area contributed by atoms with E-state index in [1.165, 1.54) is 5.56 Å². The number of ether oxygens (including phenoxy) is 1. The first-order valence-electron chi connectivity index (χ1n) is 6.37. The standard InChI is InChI=1S/C16H16ClNO2S/c1-20-15-8-7-13(9-14(15)17)18-16(19)12-5-3-11(4-6-12)10-21-2/h3-9H,10H2,1-2H3,(H,18,19). The predicted molar refractivity (Wildman–Crippen MR) is 89.6 cm³/mol. The van der Waals surface area contributed by atoms with Crippen molar-refractivity contribution in [1.29, 1.82) is 0 Å². The van der Waals surface area contributed by atoms with Crippen molar-refractivity contribution in [2.75, 3.05) is 18.7 Å². The number of amides is 1. The topological polar surface area (TPSA) is 38.3 Å². The lowest BCUT2D eigenvalue weighted by molar-refractivity contribution is 0.102. The van der Waals surface area contributed by atoms with Crippen LogP contribution in [0.25, 0.3) is 0 Å². The fourth-order valence-electron chi connectivity index (χ4n) is 1.87. The monoisotopic (exact) mass is 321 g/mol. The van der Waals surface area contributed by atoms with Gasteiger partial charge in [-0.1, -0.05) is 23.7 Å². The molecule has 0 saturated carbocycles. The number of methoxy groups -OCH3 is 1. The van der Waals surface area contributed by atoms with Gasteiger partial charge in [-0.3, -0.25) is 4.79 Å². The number of hydrogen-bond acceptors (Lipinski definition) is 3. The zero-order valence-electron chi connectivity index (χ0n) is 11.9. The molecular weight excluding hydrogens is 306 g/mol. The van der Waals surface area contributed by atoms with E-state index >= 15 is 0 Å². The van der Waals surface area contributed by atoms with Crippen LogP contribution in [0.1, 0.15) is 15.9 Å². The molecule has 0 bridgehead atoms. The third-order valence-electron chi connectivity index (χ3n) is 2.94. The van der Waals surface area contributed by atoms with Crippen LogP contribution in [0.15, 0.2) is 42.5 Å². The van der Waals surface area contributed by atoms with E-state index in [9.17, 15) is 4.79 Å². The van der Waals surface area contributed by atoms with Crippen LogP contribution >= 0.6 is 23.4 Å². The lowest BCUT2D eigenvalue weighted by Gasteiger charge is -2.08. The van der Waals surface area contributed by atoms with Crippen molar-refractivity contribution in [3.05, 3.63) is 58.6 Å². The molecule has 1 N–H and O–H groups in total. The summed E-state index contributed by atoms with van der Waals surface area (Å²) in [4.78, 5) is 12.2. The number of carbonyl (C=O) groups excluding carboxylic acids is 1. The number of anilines is 1. The van der Waals surface area contributed by atoms with Crippen molar-refractivity contribution in [3.63, 3.8) is 0 Å². The van der Waals surface area contributed by atoms with Crippen LogP contribution in [-0.2, 0) is 5.75 Å². The van der Waals surface area contributed by atoms with Gasteiger partial charge >= 0.3 is 0 Å². The van der Waals surface area contributed by atoms with Crippen molar-refractivity contribution >= 4 is 35.0 Å². The molecule has 2 rings (SSSR count). The summed E-state index contributed by atoms with van der Waals surface area (Å²) in [7, 11) is 1.55. The van der Waals surface area contributed by atoms with Crippen molar-refractivity contribution < 1.29 is 9.53 Å². The molecule has 1 amide bonds. The fourth-order valence-corrected chi connectivity index (χ4v) is 2.65. The van der Waals surface area contributed by atoms with Crippen LogP contribution < -0.4 is 10.1 Å². The van der Waals surface area contributed by atoms with E-state index in [4.69, 9.17) is 16.3 Å². The predicted octanol–water partition coefficient (Wildman–Crippen LogP) is 4.46. The van der Waals surface area contributed by atoms with E-state index < -0.39 is 0 Å². The summed E-state index contributed by atoms with van der Waals surface area (Å²) in [5, 5.41) is 3.28. The molecule has 0 fully saturated rings. The minimum absolute atomic E-state index is 0.160. The van der Waals surface area contributed by atoms with Crippen molar-refractivity contribution in [2.45, 2.75) is 5.75 Å². The Bertz CT molecular complexity index is 629. The van der Waals surface area contributed by atoms with Crippen LogP contribution in [0.4, 0.5) is 5.69 Å². The second-order valence-corrected chi connectivity index (χ2v) is 5.71. The van der Waals surface area contributed by atoms with Gasteiger partial charge in [-0.15, -0.1) is 0 Å². The van der Waals surface area contributed by atoms with Crippen molar-refractivity contribution in [2.24, 2.45) is 0 Å². The molecule has 0 aliphatic heterocycles. The molecule has 0 radical (unpaired) electrons. The smallest absolute Gasteiger partial charge is 0.255 e. The maximum absolute atomic E-state index is 12.2. The van der Waals surface area contributed by atoms with Gasteiger partial charge in [0.1, 0.15) is 5.75 Å². The molecule has 2 aromatic rings. The molecule has 5 heteroatoms. The normalized spacial score (nSPS) is 10.2. The second-order valence-electron chi connectivity index (χ2n) is 4.43. The Kier molecular flexibility index (Phi) is 5.53. The van der Waals surface area contributed by atoms with Crippen LogP contribution in [0, 0.1) is 0 Å². The summed E-state index contributed by atoms with van der Waals surface area (Å²) in [6, 6.07) is 12.7. The van der Waals surface area contributed by atoms with Gasteiger partial charge in [-0.25, -0.2) is 0 Å². The van der Waals surface area contributed by atoms with E-state index in [0.717, 1.165) is 5.75 Å². The summed E-state index contributed by atoms with van der Waals surface area (Å²) >= 11 is 7.79. The molecule has 110 valence electrons. The highest BCUT2D eigenvalue weighted by atomic mass is 35.5. The summed E-state index contributed by atoms with van der Waals surface area (Å²) < 4.78 is 5.08. The van der Waals surface area contributed by atoms with Gasteiger partial charge in [-0.05, 0) is 42.2 Å². The minimum atomic E-state index is -0.160. The van der Waals surface area contributed by atoms with Crippen LogP contribution in [0.2, 0.25) is 5.02 Å². The Balaban J connectivity index is 2.08. The number of hydrogen-bond donors (Lipinski definition) is 1.